The third-order valence-corrected chi connectivity index (χ3v) is 5.75. The average molecular weight is 247 g/mol. The Morgan fingerprint density at radius 1 is 1.31 bits per heavy atom. The first-order valence-corrected chi connectivity index (χ1v) is 8.14. The Balaban J connectivity index is 2.63. The fourth-order valence-corrected chi connectivity index (χ4v) is 4.94. The molecule has 1 aliphatic carbocycles. The van der Waals surface area contributed by atoms with Gasteiger partial charge >= 0.3 is 0 Å². The maximum absolute atomic E-state index is 12.2. The van der Waals surface area contributed by atoms with Gasteiger partial charge in [0.1, 0.15) is 0 Å². The highest BCUT2D eigenvalue weighted by molar-refractivity contribution is 7.92. The first-order valence-electron chi connectivity index (χ1n) is 6.42. The van der Waals surface area contributed by atoms with Gasteiger partial charge in [-0.3, -0.25) is 0 Å². The zero-order valence-corrected chi connectivity index (χ0v) is 11.5. The lowest BCUT2D eigenvalue weighted by Gasteiger charge is -2.22. The van der Waals surface area contributed by atoms with Gasteiger partial charge in [-0.2, -0.15) is 0 Å². The molecule has 0 amide bonds. The first kappa shape index (κ1) is 14.0. The van der Waals surface area contributed by atoms with E-state index in [1.165, 1.54) is 0 Å². The lowest BCUT2D eigenvalue weighted by Crippen LogP contribution is -2.42. The number of rotatable bonds is 6. The van der Waals surface area contributed by atoms with E-state index in [1.54, 1.807) is 0 Å². The molecule has 0 aromatic rings. The van der Waals surface area contributed by atoms with Crippen molar-refractivity contribution in [2.75, 3.05) is 12.3 Å². The topological polar surface area (TPSA) is 46.2 Å². The van der Waals surface area contributed by atoms with Crippen LogP contribution in [-0.2, 0) is 9.84 Å². The molecule has 1 fully saturated rings. The van der Waals surface area contributed by atoms with Crippen LogP contribution < -0.4 is 5.32 Å². The summed E-state index contributed by atoms with van der Waals surface area (Å²) in [5, 5.41) is 3.24. The molecular formula is C12H25NO2S. The van der Waals surface area contributed by atoms with Gasteiger partial charge in [-0.15, -0.1) is 0 Å². The molecule has 16 heavy (non-hydrogen) atoms. The average Bonchev–Trinajstić information content (AvgIpc) is 2.61. The summed E-state index contributed by atoms with van der Waals surface area (Å²) in [6.07, 6.45) is 3.97. The van der Waals surface area contributed by atoms with Crippen molar-refractivity contribution in [1.29, 1.82) is 0 Å². The lowest BCUT2D eigenvalue weighted by atomic mass is 10.2. The molecule has 3 nitrogen and oxygen atoms in total. The summed E-state index contributed by atoms with van der Waals surface area (Å²) in [5.74, 6) is 0.569. The Morgan fingerprint density at radius 2 is 2.00 bits per heavy atom. The molecule has 0 bridgehead atoms. The van der Waals surface area contributed by atoms with Gasteiger partial charge in [-0.1, -0.05) is 27.2 Å². The minimum Gasteiger partial charge on any atom is -0.313 e. The Morgan fingerprint density at radius 3 is 2.56 bits per heavy atom. The van der Waals surface area contributed by atoms with E-state index in [-0.39, 0.29) is 17.2 Å². The molecule has 0 saturated heterocycles. The van der Waals surface area contributed by atoms with Crippen LogP contribution in [0, 0.1) is 5.92 Å². The third kappa shape index (κ3) is 3.74. The van der Waals surface area contributed by atoms with E-state index < -0.39 is 9.84 Å². The van der Waals surface area contributed by atoms with Crippen molar-refractivity contribution in [3.05, 3.63) is 0 Å². The minimum absolute atomic E-state index is 0.138. The Labute approximate surface area is 99.9 Å². The molecule has 0 aromatic heterocycles. The van der Waals surface area contributed by atoms with Crippen molar-refractivity contribution in [1.82, 2.24) is 5.32 Å². The van der Waals surface area contributed by atoms with E-state index in [1.807, 2.05) is 13.8 Å². The van der Waals surface area contributed by atoms with Gasteiger partial charge in [-0.25, -0.2) is 8.42 Å². The molecule has 96 valence electrons. The monoisotopic (exact) mass is 247 g/mol. The van der Waals surface area contributed by atoms with Crippen LogP contribution in [0.2, 0.25) is 0 Å². The summed E-state index contributed by atoms with van der Waals surface area (Å²) in [5.41, 5.74) is 0. The van der Waals surface area contributed by atoms with Crippen molar-refractivity contribution in [3.63, 3.8) is 0 Å². The first-order chi connectivity index (χ1) is 7.47. The van der Waals surface area contributed by atoms with E-state index in [0.29, 0.717) is 5.75 Å². The summed E-state index contributed by atoms with van der Waals surface area (Å²) in [6.45, 7) is 6.99. The normalized spacial score (nSPS) is 26.5. The zero-order chi connectivity index (χ0) is 12.2. The minimum atomic E-state index is -2.90. The van der Waals surface area contributed by atoms with E-state index in [4.69, 9.17) is 0 Å². The molecular weight excluding hydrogens is 222 g/mol. The maximum atomic E-state index is 12.2. The number of sulfone groups is 1. The fourth-order valence-electron chi connectivity index (χ4n) is 2.51. The van der Waals surface area contributed by atoms with Crippen LogP contribution in [-0.4, -0.2) is 32.0 Å². The second-order valence-corrected chi connectivity index (χ2v) is 7.52. The third-order valence-electron chi connectivity index (χ3n) is 3.14. The molecule has 0 aromatic carbocycles. The van der Waals surface area contributed by atoms with Crippen molar-refractivity contribution in [2.45, 2.75) is 57.7 Å². The summed E-state index contributed by atoms with van der Waals surface area (Å²) in [6, 6.07) is 0.198. The summed E-state index contributed by atoms with van der Waals surface area (Å²) >= 11 is 0. The molecule has 0 aliphatic heterocycles. The van der Waals surface area contributed by atoms with Crippen LogP contribution in [0.4, 0.5) is 0 Å². The van der Waals surface area contributed by atoms with Crippen LogP contribution >= 0.6 is 0 Å². The van der Waals surface area contributed by atoms with Gasteiger partial charge < -0.3 is 5.32 Å². The van der Waals surface area contributed by atoms with Crippen LogP contribution in [0.25, 0.3) is 0 Å². The number of hydrogen-bond donors (Lipinski definition) is 1. The maximum Gasteiger partial charge on any atom is 0.154 e. The summed E-state index contributed by atoms with van der Waals surface area (Å²) < 4.78 is 24.4. The summed E-state index contributed by atoms with van der Waals surface area (Å²) in [7, 11) is -2.90. The highest BCUT2D eigenvalue weighted by atomic mass is 32.2. The molecule has 0 radical (unpaired) electrons. The van der Waals surface area contributed by atoms with Crippen molar-refractivity contribution < 1.29 is 8.42 Å². The van der Waals surface area contributed by atoms with Gasteiger partial charge in [-0.05, 0) is 31.7 Å². The van der Waals surface area contributed by atoms with E-state index in [2.05, 4.69) is 12.2 Å². The molecule has 1 N–H and O–H groups in total. The fraction of sp³-hybridized carbons (Fsp3) is 1.00. The molecule has 0 spiro atoms. The lowest BCUT2D eigenvalue weighted by molar-refractivity contribution is 0.501. The van der Waals surface area contributed by atoms with Crippen LogP contribution in [0.15, 0.2) is 0 Å². The van der Waals surface area contributed by atoms with Crippen molar-refractivity contribution in [3.8, 4) is 0 Å². The second-order valence-electron chi connectivity index (χ2n) is 5.25. The standard InChI is InChI=1S/C12H25NO2S/c1-4-8-13-11-6-5-7-12(11)16(14,15)9-10(2)3/h10-13H,4-9H2,1-3H3. The molecule has 2 atom stereocenters. The number of nitrogens with one attached hydrogen (secondary N) is 1. The molecule has 1 rings (SSSR count). The van der Waals surface area contributed by atoms with Crippen LogP contribution in [0.5, 0.6) is 0 Å². The van der Waals surface area contributed by atoms with Gasteiger partial charge in [0.05, 0.1) is 11.0 Å². The van der Waals surface area contributed by atoms with E-state index in [0.717, 1.165) is 32.2 Å². The summed E-state index contributed by atoms with van der Waals surface area (Å²) in [4.78, 5) is 0. The second kappa shape index (κ2) is 6.01. The number of hydrogen-bond acceptors (Lipinski definition) is 3. The SMILES string of the molecule is CCCNC1CCCC1S(=O)(=O)CC(C)C. The largest absolute Gasteiger partial charge is 0.313 e. The Kier molecular flexibility index (Phi) is 5.25. The van der Waals surface area contributed by atoms with Crippen molar-refractivity contribution in [2.24, 2.45) is 5.92 Å². The Bertz CT molecular complexity index is 298. The predicted octanol–water partition coefficient (Wildman–Crippen LogP) is 1.98. The van der Waals surface area contributed by atoms with Gasteiger partial charge in [0.15, 0.2) is 9.84 Å². The molecule has 0 heterocycles. The van der Waals surface area contributed by atoms with Crippen molar-refractivity contribution >= 4 is 9.84 Å². The zero-order valence-electron chi connectivity index (χ0n) is 10.7. The highest BCUT2D eigenvalue weighted by Gasteiger charge is 2.36. The molecule has 1 aliphatic rings. The van der Waals surface area contributed by atoms with Crippen LogP contribution in [0.1, 0.15) is 46.5 Å². The van der Waals surface area contributed by atoms with Gasteiger partial charge in [0, 0.05) is 6.04 Å². The van der Waals surface area contributed by atoms with Crippen LogP contribution in [0.3, 0.4) is 0 Å². The molecule has 4 heteroatoms. The van der Waals surface area contributed by atoms with E-state index in [9.17, 15) is 8.42 Å². The quantitative estimate of drug-likeness (QED) is 0.780. The van der Waals surface area contributed by atoms with Gasteiger partial charge in [0.2, 0.25) is 0 Å². The van der Waals surface area contributed by atoms with E-state index >= 15 is 0 Å². The Hall–Kier alpha value is -0.0900. The molecule has 1 saturated carbocycles. The smallest absolute Gasteiger partial charge is 0.154 e. The molecule has 2 unspecified atom stereocenters. The predicted molar refractivity (Wildman–Crippen MR) is 68.3 cm³/mol. The van der Waals surface area contributed by atoms with Gasteiger partial charge in [0.25, 0.3) is 0 Å². The highest BCUT2D eigenvalue weighted by Crippen LogP contribution is 2.27.